The van der Waals surface area contributed by atoms with Crippen LogP contribution in [0.15, 0.2) is 108 Å². The average molecular weight is 2230 g/mol. The van der Waals surface area contributed by atoms with Crippen molar-refractivity contribution < 1.29 is 158 Å². The predicted molar refractivity (Wildman–Crippen MR) is 513 cm³/mol. The molecule has 16 aromatic rings. The average Bonchev–Trinajstić information content (AvgIpc) is 1.60. The molecule has 0 saturated carbocycles. The molecule has 0 bridgehead atoms. The standard InChI is InChI=1S/C96H66O32S16/c97-66(98)4-35-3-51(130-34-35)83-37(20-68(101)102)6-53(132-83)85-39(22-70(105)106)8-55(134-85)87-41(24-72(109)110)10-57(136-87)89-43(26-74(113)114)12-59(138-89)91-45(28-76(117)118)14-61(140-91)93-47(30-78(121)122)16-63(142-93)95-49(32-80(125)126)18-65(144-95)96-50(33-81(127)128)17-64(143-96)94-48(31-79(123)124)15-62(141-94)92-46(29-77(119)120)13-60(139-92)90-44(27-75(115)116)11-58(137-90)88-42(25-73(111)112)9-56(135-88)86-40(23-71(107)108)7-54(133-86)84-38(21-69(103)104)5-52(131-84)82-36(1-2-129-82)19-67(99)100/h1-3,5-18,34H,4,19-33H2,(H,97,98)(H,99,100)(H,101,102)(H,103,104)(H,105,106)(H,107,108)(H,109,110)(H,111,112)(H,113,114)(H,115,116)(H,117,118)(H,119,120)(H,121,122)(H,123,124)(H,125,126)(H,127,128)/p-16. The summed E-state index contributed by atoms with van der Waals surface area (Å²) >= 11 is 15.8. The van der Waals surface area contributed by atoms with E-state index in [-0.39, 0.29) is 175 Å². The van der Waals surface area contributed by atoms with Gasteiger partial charge in [0.1, 0.15) is 0 Å². The van der Waals surface area contributed by atoms with Gasteiger partial charge >= 0.3 is 0 Å². The van der Waals surface area contributed by atoms with Crippen LogP contribution in [-0.4, -0.2) is 95.5 Å². The van der Waals surface area contributed by atoms with Crippen LogP contribution >= 0.6 is 181 Å². The highest BCUT2D eigenvalue weighted by atomic mass is 32.2. The minimum Gasteiger partial charge on any atom is -0.550 e. The number of hydrogen-bond acceptors (Lipinski definition) is 48. The third-order valence-corrected chi connectivity index (χ3v) is 42.6. The van der Waals surface area contributed by atoms with Crippen LogP contribution in [0.3, 0.4) is 0 Å². The molecular weight excluding hydrogens is 2180 g/mol. The third kappa shape index (κ3) is 23.7. The number of thiophene rings is 16. The molecule has 0 unspecified atom stereocenters. The molecule has 48 heteroatoms. The largest absolute Gasteiger partial charge is 0.550 e. The van der Waals surface area contributed by atoms with Crippen molar-refractivity contribution in [3.63, 3.8) is 0 Å². The highest BCUT2D eigenvalue weighted by Crippen LogP contribution is 2.59. The first-order valence-corrected chi connectivity index (χ1v) is 54.7. The van der Waals surface area contributed by atoms with Crippen molar-refractivity contribution in [1.29, 1.82) is 0 Å². The minimum absolute atomic E-state index is 0.0414. The molecule has 0 spiro atoms. The van der Waals surface area contributed by atoms with Gasteiger partial charge in [-0.25, -0.2) is 0 Å². The lowest BCUT2D eigenvalue weighted by Gasteiger charge is -2.02. The van der Waals surface area contributed by atoms with Crippen LogP contribution in [0.5, 0.6) is 0 Å². The molecule has 16 heterocycles. The van der Waals surface area contributed by atoms with Gasteiger partial charge in [0.15, 0.2) is 0 Å². The Morgan fingerprint density at radius 3 is 0.410 bits per heavy atom. The molecular formula is C96H50O32S16-16. The molecule has 0 saturated heterocycles. The number of carboxylic acids is 16. The lowest BCUT2D eigenvalue weighted by atomic mass is 10.1. The second kappa shape index (κ2) is 43.3. The second-order valence-corrected chi connectivity index (χ2v) is 48.4. The first kappa shape index (κ1) is 104. The molecule has 0 amide bonds. The molecule has 16 aromatic heterocycles. The van der Waals surface area contributed by atoms with Gasteiger partial charge in [-0.2, -0.15) is 0 Å². The first-order chi connectivity index (χ1) is 68.4. The number of carbonyl (C=O) groups excluding carboxylic acids is 16. The Balaban J connectivity index is 0.746. The maximum absolute atomic E-state index is 12.9. The summed E-state index contributed by atoms with van der Waals surface area (Å²) in [6.07, 6.45) is -11.5. The second-order valence-electron chi connectivity index (χ2n) is 31.9. The Labute approximate surface area is 873 Å². The van der Waals surface area contributed by atoms with Gasteiger partial charge in [0.05, 0.1) is 0 Å². The molecule has 0 aliphatic rings. The minimum atomic E-state index is -1.62. The molecule has 738 valence electrons. The maximum Gasteiger partial charge on any atom is 0.0485 e. The van der Waals surface area contributed by atoms with Crippen LogP contribution in [0, 0.1) is 0 Å². The Kier molecular flexibility index (Phi) is 31.2. The maximum atomic E-state index is 12.9. The fourth-order valence-corrected chi connectivity index (χ4v) is 36.5. The van der Waals surface area contributed by atoms with E-state index in [1.54, 1.807) is 29.0 Å². The van der Waals surface area contributed by atoms with Crippen LogP contribution in [0.25, 0.3) is 146 Å². The molecule has 0 N–H and O–H groups in total. The van der Waals surface area contributed by atoms with E-state index >= 15 is 0 Å². The van der Waals surface area contributed by atoms with E-state index in [1.807, 2.05) is 0 Å². The summed E-state index contributed by atoms with van der Waals surface area (Å²) in [4.78, 5) is 208. The monoisotopic (exact) mass is 2230 g/mol. The zero-order valence-electron chi connectivity index (χ0n) is 72.3. The van der Waals surface area contributed by atoms with Gasteiger partial charge in [-0.05, 0) is 197 Å². The molecule has 0 fully saturated rings. The van der Waals surface area contributed by atoms with Gasteiger partial charge in [0.2, 0.25) is 0 Å². The summed E-state index contributed by atoms with van der Waals surface area (Å²) in [5.74, 6) is -24.8. The van der Waals surface area contributed by atoms with Gasteiger partial charge in [0, 0.05) is 345 Å². The van der Waals surface area contributed by atoms with Gasteiger partial charge < -0.3 is 158 Å². The molecule has 32 nitrogen and oxygen atoms in total. The van der Waals surface area contributed by atoms with Crippen LogP contribution in [0.1, 0.15) is 89.0 Å². The molecule has 0 aliphatic carbocycles. The topological polar surface area (TPSA) is 642 Å². The highest BCUT2D eigenvalue weighted by Gasteiger charge is 2.32. The van der Waals surface area contributed by atoms with Crippen molar-refractivity contribution >= 4 is 277 Å². The fourth-order valence-electron chi connectivity index (χ4n) is 16.1. The Morgan fingerprint density at radius 2 is 0.271 bits per heavy atom. The van der Waals surface area contributed by atoms with E-state index in [4.69, 9.17) is 0 Å². The smallest absolute Gasteiger partial charge is 0.0485 e. The zero-order chi connectivity index (χ0) is 103. The molecule has 0 radical (unpaired) electrons. The molecule has 0 atom stereocenters. The molecule has 0 aromatic carbocycles. The van der Waals surface area contributed by atoms with E-state index in [9.17, 15) is 158 Å². The van der Waals surface area contributed by atoms with E-state index in [0.717, 1.165) is 170 Å². The van der Waals surface area contributed by atoms with Crippen molar-refractivity contribution in [3.05, 3.63) is 197 Å². The summed E-state index contributed by atoms with van der Waals surface area (Å²) in [5.41, 5.74) is 2.23. The lowest BCUT2D eigenvalue weighted by molar-refractivity contribution is -0.306. The van der Waals surface area contributed by atoms with Gasteiger partial charge in [-0.1, -0.05) is 0 Å². The Bertz CT molecular complexity index is 7780. The van der Waals surface area contributed by atoms with E-state index in [2.05, 4.69) is 0 Å². The molecule has 16 rings (SSSR count). The lowest BCUT2D eigenvalue weighted by Crippen LogP contribution is -2.24. The van der Waals surface area contributed by atoms with Crippen molar-refractivity contribution in [2.75, 3.05) is 0 Å². The number of rotatable bonds is 47. The van der Waals surface area contributed by atoms with Crippen molar-refractivity contribution in [2.24, 2.45) is 0 Å². The van der Waals surface area contributed by atoms with Gasteiger partial charge in [-0.15, -0.1) is 181 Å². The summed E-state index contributed by atoms with van der Waals surface area (Å²) in [7, 11) is 0. The van der Waals surface area contributed by atoms with Crippen molar-refractivity contribution in [2.45, 2.75) is 103 Å². The van der Waals surface area contributed by atoms with Crippen LogP contribution in [0.4, 0.5) is 0 Å². The summed E-state index contributed by atoms with van der Waals surface area (Å²) in [6, 6.07) is 23.5. The molecule has 0 aliphatic heterocycles. The number of carboxylic acid groups (broad SMARTS) is 16. The zero-order valence-corrected chi connectivity index (χ0v) is 85.4. The summed E-state index contributed by atoms with van der Waals surface area (Å²) in [6.45, 7) is 0. The van der Waals surface area contributed by atoms with Crippen LogP contribution in [-0.2, 0) is 179 Å². The fraction of sp³-hybridized carbons (Fsp3) is 0.167. The number of hydrogen-bond donors (Lipinski definition) is 0. The van der Waals surface area contributed by atoms with Gasteiger partial charge in [0.25, 0.3) is 0 Å². The SMILES string of the molecule is O=C([O-])Cc1csc(-c2sc(-c3sc(-c4sc(-c5sc(-c6sc(-c7sc(-c8sc(-c9sc(-c%10sc(-c%11sc(-c%12sc(-c%13sc(-c%14sc(-c%15sc(-c%16sccc%16CC(=O)[O-])cc%15CC(=O)[O-])cc%14CC(=O)[O-])cc%13CC(=O)[O-])cc%12CC(=O)[O-])cc%11CC(=O)[O-])cc%10CC(=O)[O-])cc9CC(=O)[O-])cc8CC(=O)[O-])cc7CC(=O)[O-])cc6CC(=O)[O-])cc5CC(=O)[O-])cc4CC(=O)[O-])cc3CC(=O)[O-])cc2CC(=O)[O-])c1. The normalized spacial score (nSPS) is 11.4. The van der Waals surface area contributed by atoms with Crippen LogP contribution in [0.2, 0.25) is 0 Å². The van der Waals surface area contributed by atoms with Gasteiger partial charge in [-0.3, -0.25) is 0 Å². The Morgan fingerprint density at radius 1 is 0.146 bits per heavy atom. The molecule has 144 heavy (non-hydrogen) atoms. The quantitative estimate of drug-likeness (QED) is 0.0497. The first-order valence-electron chi connectivity index (χ1n) is 41.5. The number of carbonyl (C=O) groups is 16. The summed E-state index contributed by atoms with van der Waals surface area (Å²) < 4.78 is 0. The summed E-state index contributed by atoms with van der Waals surface area (Å²) in [5, 5.41) is 203. The Hall–Kier alpha value is -13.3. The van der Waals surface area contributed by atoms with Crippen LogP contribution < -0.4 is 81.7 Å². The van der Waals surface area contributed by atoms with Crippen molar-refractivity contribution in [3.8, 4) is 146 Å². The highest BCUT2D eigenvalue weighted by molar-refractivity contribution is 7.35. The van der Waals surface area contributed by atoms with Crippen molar-refractivity contribution in [1.82, 2.24) is 0 Å². The van der Waals surface area contributed by atoms with E-state index in [1.165, 1.54) is 90.2 Å². The van der Waals surface area contributed by atoms with E-state index < -0.39 is 198 Å². The van der Waals surface area contributed by atoms with E-state index in [0.29, 0.717) is 59.9 Å². The number of aliphatic carboxylic acids is 16. The third-order valence-electron chi connectivity index (χ3n) is 21.5. The predicted octanol–water partition coefficient (Wildman–Crippen LogP) is 0.354.